The summed E-state index contributed by atoms with van der Waals surface area (Å²) in [5.74, 6) is -1.14. The van der Waals surface area contributed by atoms with Crippen molar-refractivity contribution in [3.8, 4) is 11.1 Å². The van der Waals surface area contributed by atoms with Crippen LogP contribution in [0.5, 0.6) is 0 Å². The first-order chi connectivity index (χ1) is 16.5. The molecule has 34 heavy (non-hydrogen) atoms. The van der Waals surface area contributed by atoms with Gasteiger partial charge in [-0.3, -0.25) is 9.59 Å². The lowest BCUT2D eigenvalue weighted by atomic mass is 9.98. The maximum absolute atomic E-state index is 12.5. The van der Waals surface area contributed by atoms with Gasteiger partial charge in [-0.05, 0) is 41.5 Å². The molecule has 1 fully saturated rings. The van der Waals surface area contributed by atoms with Crippen LogP contribution in [-0.2, 0) is 19.1 Å². The minimum Gasteiger partial charge on any atom is -0.481 e. The monoisotopic (exact) mass is 466 g/mol. The largest absolute Gasteiger partial charge is 0.481 e. The molecule has 4 rings (SSSR count). The van der Waals surface area contributed by atoms with Crippen molar-refractivity contribution in [2.45, 2.75) is 37.6 Å². The topological polar surface area (TPSA) is 114 Å². The molecule has 180 valence electrons. The number of ether oxygens (including phenoxy) is 2. The molecular formula is C26H30N2O6. The number of amides is 2. The number of benzene rings is 2. The molecule has 0 radical (unpaired) electrons. The SMILES string of the molecule is O=C(O)CCOCCNC(=O)C1CCC(NC(=O)OCC2c3ccccc3-c3ccccc32)C1. The van der Waals surface area contributed by atoms with Gasteiger partial charge in [0.2, 0.25) is 5.91 Å². The summed E-state index contributed by atoms with van der Waals surface area (Å²) in [5, 5.41) is 14.3. The third kappa shape index (κ3) is 5.75. The minimum atomic E-state index is -0.912. The number of alkyl carbamates (subject to hydrolysis) is 1. The van der Waals surface area contributed by atoms with Crippen molar-refractivity contribution < 1.29 is 29.0 Å². The summed E-state index contributed by atoms with van der Waals surface area (Å²) in [4.78, 5) is 35.3. The molecular weight excluding hydrogens is 436 g/mol. The van der Waals surface area contributed by atoms with Gasteiger partial charge in [0, 0.05) is 24.4 Å². The number of carboxylic acid groups (broad SMARTS) is 1. The normalized spacial score (nSPS) is 18.7. The molecule has 3 N–H and O–H groups in total. The van der Waals surface area contributed by atoms with Crippen molar-refractivity contribution in [3.63, 3.8) is 0 Å². The predicted octanol–water partition coefficient (Wildman–Crippen LogP) is 3.30. The molecule has 2 aliphatic rings. The van der Waals surface area contributed by atoms with Crippen molar-refractivity contribution in [2.75, 3.05) is 26.4 Å². The summed E-state index contributed by atoms with van der Waals surface area (Å²) in [6, 6.07) is 16.3. The second-order valence-corrected chi connectivity index (χ2v) is 8.72. The van der Waals surface area contributed by atoms with E-state index in [1.54, 1.807) is 0 Å². The van der Waals surface area contributed by atoms with Gasteiger partial charge in [-0.25, -0.2) is 4.79 Å². The number of nitrogens with one attached hydrogen (secondary N) is 2. The molecule has 0 saturated heterocycles. The van der Waals surface area contributed by atoms with Crippen molar-refractivity contribution in [1.29, 1.82) is 0 Å². The van der Waals surface area contributed by atoms with E-state index in [2.05, 4.69) is 34.9 Å². The van der Waals surface area contributed by atoms with Gasteiger partial charge in [0.05, 0.1) is 19.6 Å². The van der Waals surface area contributed by atoms with Gasteiger partial charge in [0.25, 0.3) is 0 Å². The quantitative estimate of drug-likeness (QED) is 0.463. The van der Waals surface area contributed by atoms with E-state index < -0.39 is 12.1 Å². The number of hydrogen-bond acceptors (Lipinski definition) is 5. The first kappa shape index (κ1) is 23.8. The summed E-state index contributed by atoms with van der Waals surface area (Å²) in [6.07, 6.45) is 1.47. The molecule has 2 aromatic carbocycles. The van der Waals surface area contributed by atoms with Gasteiger partial charge in [0.15, 0.2) is 0 Å². The van der Waals surface area contributed by atoms with E-state index >= 15 is 0 Å². The Labute approximate surface area is 198 Å². The third-order valence-electron chi connectivity index (χ3n) is 6.47. The average Bonchev–Trinajstić information content (AvgIpc) is 3.42. The molecule has 8 nitrogen and oxygen atoms in total. The predicted molar refractivity (Wildman–Crippen MR) is 125 cm³/mol. The van der Waals surface area contributed by atoms with Crippen LogP contribution in [-0.4, -0.2) is 55.5 Å². The second-order valence-electron chi connectivity index (χ2n) is 8.72. The van der Waals surface area contributed by atoms with E-state index in [1.165, 1.54) is 22.3 Å². The molecule has 2 aliphatic carbocycles. The highest BCUT2D eigenvalue weighted by molar-refractivity contribution is 5.80. The zero-order valence-electron chi connectivity index (χ0n) is 19.0. The molecule has 0 aliphatic heterocycles. The molecule has 8 heteroatoms. The summed E-state index contributed by atoms with van der Waals surface area (Å²) in [7, 11) is 0. The average molecular weight is 467 g/mol. The fraction of sp³-hybridized carbons (Fsp3) is 0.423. The molecule has 0 spiro atoms. The Morgan fingerprint density at radius 1 is 0.941 bits per heavy atom. The number of fused-ring (bicyclic) bond motifs is 3. The Hall–Kier alpha value is -3.39. The minimum absolute atomic E-state index is 0.0120. The van der Waals surface area contributed by atoms with E-state index in [1.807, 2.05) is 24.3 Å². The van der Waals surface area contributed by atoms with Crippen LogP contribution in [0.2, 0.25) is 0 Å². The highest BCUT2D eigenvalue weighted by Crippen LogP contribution is 2.44. The first-order valence-corrected chi connectivity index (χ1v) is 11.7. The van der Waals surface area contributed by atoms with Crippen LogP contribution in [0, 0.1) is 5.92 Å². The number of rotatable bonds is 10. The lowest BCUT2D eigenvalue weighted by Crippen LogP contribution is -2.36. The Kier molecular flexibility index (Phi) is 7.80. The summed E-state index contributed by atoms with van der Waals surface area (Å²) < 4.78 is 10.8. The molecule has 2 atom stereocenters. The van der Waals surface area contributed by atoms with Crippen LogP contribution in [0.3, 0.4) is 0 Å². The molecule has 1 saturated carbocycles. The number of carbonyl (C=O) groups is 3. The van der Waals surface area contributed by atoms with Crippen molar-refractivity contribution in [2.24, 2.45) is 5.92 Å². The lowest BCUT2D eigenvalue weighted by molar-refractivity contribution is -0.138. The van der Waals surface area contributed by atoms with E-state index in [4.69, 9.17) is 14.6 Å². The molecule has 2 unspecified atom stereocenters. The molecule has 0 bridgehead atoms. The summed E-state index contributed by atoms with van der Waals surface area (Å²) in [6.45, 7) is 0.992. The zero-order valence-corrected chi connectivity index (χ0v) is 19.0. The van der Waals surface area contributed by atoms with Crippen LogP contribution in [0.25, 0.3) is 11.1 Å². The molecule has 2 amide bonds. The molecule has 2 aromatic rings. The van der Waals surface area contributed by atoms with Gasteiger partial charge in [0.1, 0.15) is 6.61 Å². The van der Waals surface area contributed by atoms with Crippen molar-refractivity contribution in [3.05, 3.63) is 59.7 Å². The Bertz CT molecular complexity index is 994. The molecule has 0 aromatic heterocycles. The summed E-state index contributed by atoms with van der Waals surface area (Å²) >= 11 is 0. The highest BCUT2D eigenvalue weighted by atomic mass is 16.5. The van der Waals surface area contributed by atoms with Crippen molar-refractivity contribution >= 4 is 18.0 Å². The van der Waals surface area contributed by atoms with Gasteiger partial charge in [-0.2, -0.15) is 0 Å². The number of hydrogen-bond donors (Lipinski definition) is 3. The summed E-state index contributed by atoms with van der Waals surface area (Å²) in [5.41, 5.74) is 4.70. The van der Waals surface area contributed by atoms with E-state index in [9.17, 15) is 14.4 Å². The van der Waals surface area contributed by atoms with Crippen LogP contribution >= 0.6 is 0 Å². The van der Waals surface area contributed by atoms with Crippen molar-refractivity contribution in [1.82, 2.24) is 10.6 Å². The lowest BCUT2D eigenvalue weighted by Gasteiger charge is -2.17. The maximum Gasteiger partial charge on any atom is 0.407 e. The maximum atomic E-state index is 12.5. The van der Waals surface area contributed by atoms with Crippen LogP contribution < -0.4 is 10.6 Å². The van der Waals surface area contributed by atoms with Gasteiger partial charge >= 0.3 is 12.1 Å². The first-order valence-electron chi connectivity index (χ1n) is 11.7. The Morgan fingerprint density at radius 3 is 2.29 bits per heavy atom. The van der Waals surface area contributed by atoms with Crippen LogP contribution in [0.15, 0.2) is 48.5 Å². The third-order valence-corrected chi connectivity index (χ3v) is 6.47. The smallest absolute Gasteiger partial charge is 0.407 e. The highest BCUT2D eigenvalue weighted by Gasteiger charge is 2.32. The fourth-order valence-electron chi connectivity index (χ4n) is 4.81. The van der Waals surface area contributed by atoms with Crippen LogP contribution in [0.4, 0.5) is 4.79 Å². The standard InChI is InChI=1S/C26H30N2O6/c29-24(30)11-13-33-14-12-27-25(31)17-9-10-18(15-17)28-26(32)34-16-23-21-7-3-1-5-19(21)20-6-2-4-8-22(20)23/h1-8,17-18,23H,9-16H2,(H,27,31)(H,28,32)(H,29,30). The fourth-order valence-corrected chi connectivity index (χ4v) is 4.81. The Morgan fingerprint density at radius 2 is 1.62 bits per heavy atom. The Balaban J connectivity index is 1.19. The van der Waals surface area contributed by atoms with E-state index in [0.717, 1.165) is 6.42 Å². The number of aliphatic carboxylic acids is 1. The van der Waals surface area contributed by atoms with Crippen LogP contribution in [0.1, 0.15) is 42.7 Å². The van der Waals surface area contributed by atoms with Gasteiger partial charge < -0.3 is 25.2 Å². The second kappa shape index (κ2) is 11.2. The van der Waals surface area contributed by atoms with E-state index in [0.29, 0.717) is 19.4 Å². The molecule has 0 heterocycles. The van der Waals surface area contributed by atoms with Gasteiger partial charge in [-0.1, -0.05) is 48.5 Å². The van der Waals surface area contributed by atoms with E-state index in [-0.39, 0.29) is 50.0 Å². The number of carboxylic acids is 1. The van der Waals surface area contributed by atoms with Gasteiger partial charge in [-0.15, -0.1) is 0 Å². The number of carbonyl (C=O) groups excluding carboxylic acids is 2. The zero-order chi connectivity index (χ0) is 23.9.